The third-order valence-corrected chi connectivity index (χ3v) is 0.981. The highest BCUT2D eigenvalue weighted by Gasteiger charge is 1.84. The maximum Gasteiger partial charge on any atom is 0.0781 e. The summed E-state index contributed by atoms with van der Waals surface area (Å²) in [6.07, 6.45) is 4.65. The Morgan fingerprint density at radius 2 is 2.00 bits per heavy atom. The van der Waals surface area contributed by atoms with Gasteiger partial charge in [-0.15, -0.1) is 0 Å². The van der Waals surface area contributed by atoms with Gasteiger partial charge in [-0.25, -0.2) is 0 Å². The molecule has 54 valence electrons. The van der Waals surface area contributed by atoms with E-state index in [1.807, 2.05) is 6.92 Å². The van der Waals surface area contributed by atoms with Gasteiger partial charge in [-0.2, -0.15) is 0 Å². The molecule has 0 aliphatic carbocycles. The number of rotatable bonds is 3. The van der Waals surface area contributed by atoms with Crippen molar-refractivity contribution in [2.45, 2.75) is 6.92 Å². The maximum absolute atomic E-state index is 5.21. The van der Waals surface area contributed by atoms with Crippen LogP contribution in [0.2, 0.25) is 0 Å². The van der Waals surface area contributed by atoms with E-state index in [0.29, 0.717) is 5.70 Å². The lowest BCUT2D eigenvalue weighted by Crippen LogP contribution is -1.87. The van der Waals surface area contributed by atoms with Crippen LogP contribution in [0.3, 0.4) is 0 Å². The predicted octanol–water partition coefficient (Wildman–Crippen LogP) is 1.62. The maximum atomic E-state index is 5.21. The molecule has 0 fully saturated rings. The Hall–Kier alpha value is -1.31. The van der Waals surface area contributed by atoms with E-state index in [0.717, 1.165) is 5.71 Å². The van der Waals surface area contributed by atoms with E-state index in [9.17, 15) is 0 Å². The zero-order chi connectivity index (χ0) is 7.98. The molecule has 0 atom stereocenters. The molecular weight excluding hydrogens is 124 g/mol. The van der Waals surface area contributed by atoms with Gasteiger partial charge in [0.1, 0.15) is 0 Å². The van der Waals surface area contributed by atoms with Gasteiger partial charge < -0.3 is 5.73 Å². The molecule has 10 heavy (non-hydrogen) atoms. The average Bonchev–Trinajstić information content (AvgIpc) is 1.99. The first kappa shape index (κ1) is 8.69. The summed E-state index contributed by atoms with van der Waals surface area (Å²) in [4.78, 5) is 4.05. The number of hydrogen-bond donors (Lipinski definition) is 1. The lowest BCUT2D eigenvalue weighted by atomic mass is 10.4. The molecule has 2 nitrogen and oxygen atoms in total. The van der Waals surface area contributed by atoms with E-state index in [2.05, 4.69) is 18.2 Å². The number of aliphatic imine (C=N–C) groups is 1. The largest absolute Gasteiger partial charge is 0.403 e. The average molecular weight is 136 g/mol. The molecule has 0 radical (unpaired) electrons. The Balaban J connectivity index is 4.36. The summed E-state index contributed by atoms with van der Waals surface area (Å²) in [6.45, 7) is 8.93. The standard InChI is InChI=1S/C8H12N2/c1-4-7(3)10-8(5-2)6-9/h4-6H,1-2,9H2,3H3/b8-6-,10-7?. The summed E-state index contributed by atoms with van der Waals surface area (Å²) >= 11 is 0. The topological polar surface area (TPSA) is 38.4 Å². The van der Waals surface area contributed by atoms with Crippen LogP contribution in [-0.4, -0.2) is 5.71 Å². The second kappa shape index (κ2) is 4.56. The Morgan fingerprint density at radius 3 is 2.30 bits per heavy atom. The van der Waals surface area contributed by atoms with E-state index >= 15 is 0 Å². The summed E-state index contributed by atoms with van der Waals surface area (Å²) in [7, 11) is 0. The molecule has 2 heteroatoms. The number of allylic oxidation sites excluding steroid dienone is 2. The zero-order valence-electron chi connectivity index (χ0n) is 6.17. The minimum atomic E-state index is 0.664. The molecule has 0 aromatic carbocycles. The molecule has 0 aromatic heterocycles. The van der Waals surface area contributed by atoms with Crippen LogP contribution < -0.4 is 5.73 Å². The van der Waals surface area contributed by atoms with Crippen LogP contribution in [0.1, 0.15) is 6.92 Å². The summed E-state index contributed by atoms with van der Waals surface area (Å²) in [5, 5.41) is 0. The molecule has 0 amide bonds. The number of nitrogens with zero attached hydrogens (tertiary/aromatic N) is 1. The predicted molar refractivity (Wildman–Crippen MR) is 45.8 cm³/mol. The van der Waals surface area contributed by atoms with Crippen molar-refractivity contribution in [2.24, 2.45) is 10.7 Å². The van der Waals surface area contributed by atoms with Gasteiger partial charge in [0, 0.05) is 11.9 Å². The van der Waals surface area contributed by atoms with Gasteiger partial charge in [0.15, 0.2) is 0 Å². The van der Waals surface area contributed by atoms with Crippen LogP contribution >= 0.6 is 0 Å². The fourth-order valence-corrected chi connectivity index (χ4v) is 0.400. The van der Waals surface area contributed by atoms with E-state index in [1.54, 1.807) is 12.2 Å². The van der Waals surface area contributed by atoms with Gasteiger partial charge in [-0.1, -0.05) is 13.2 Å². The quantitative estimate of drug-likeness (QED) is 0.464. The van der Waals surface area contributed by atoms with Gasteiger partial charge in [0.25, 0.3) is 0 Å². The first-order valence-electron chi connectivity index (χ1n) is 2.96. The van der Waals surface area contributed by atoms with E-state index in [1.165, 1.54) is 6.20 Å². The zero-order valence-corrected chi connectivity index (χ0v) is 6.17. The lowest BCUT2D eigenvalue weighted by molar-refractivity contribution is 1.35. The van der Waals surface area contributed by atoms with Crippen LogP contribution in [0.25, 0.3) is 0 Å². The minimum Gasteiger partial charge on any atom is -0.403 e. The molecule has 2 N–H and O–H groups in total. The molecule has 0 saturated heterocycles. The Bertz CT molecular complexity index is 187. The van der Waals surface area contributed by atoms with Crippen molar-refractivity contribution in [1.29, 1.82) is 0 Å². The fraction of sp³-hybridized carbons (Fsp3) is 0.125. The molecule has 0 bridgehead atoms. The van der Waals surface area contributed by atoms with Crippen LogP contribution in [0, 0.1) is 0 Å². The van der Waals surface area contributed by atoms with Gasteiger partial charge in [0.05, 0.1) is 5.70 Å². The van der Waals surface area contributed by atoms with Crippen molar-refractivity contribution >= 4 is 5.71 Å². The Kier molecular flexibility index (Phi) is 3.96. The number of nitrogens with two attached hydrogens (primary N) is 1. The van der Waals surface area contributed by atoms with Gasteiger partial charge >= 0.3 is 0 Å². The van der Waals surface area contributed by atoms with Crippen LogP contribution in [-0.2, 0) is 0 Å². The number of hydrogen-bond acceptors (Lipinski definition) is 2. The third kappa shape index (κ3) is 2.87. The van der Waals surface area contributed by atoms with E-state index in [4.69, 9.17) is 5.73 Å². The molecule has 0 unspecified atom stereocenters. The summed E-state index contributed by atoms with van der Waals surface area (Å²) in [5.41, 5.74) is 6.71. The molecule has 0 rings (SSSR count). The second-order valence-corrected chi connectivity index (χ2v) is 1.75. The van der Waals surface area contributed by atoms with Crippen LogP contribution in [0.5, 0.6) is 0 Å². The van der Waals surface area contributed by atoms with Crippen LogP contribution in [0.15, 0.2) is 42.2 Å². The normalized spacial score (nSPS) is 12.9. The Labute approximate surface area is 61.5 Å². The Morgan fingerprint density at radius 1 is 1.40 bits per heavy atom. The van der Waals surface area contributed by atoms with Crippen molar-refractivity contribution in [3.8, 4) is 0 Å². The SMILES string of the molecule is C=CC(C)=N/C(C=C)=C\N. The highest BCUT2D eigenvalue weighted by molar-refractivity contribution is 5.93. The summed E-state index contributed by atoms with van der Waals surface area (Å²) in [5.74, 6) is 0. The van der Waals surface area contributed by atoms with Crippen molar-refractivity contribution in [2.75, 3.05) is 0 Å². The minimum absolute atomic E-state index is 0.664. The van der Waals surface area contributed by atoms with Crippen molar-refractivity contribution in [1.82, 2.24) is 0 Å². The third-order valence-electron chi connectivity index (χ3n) is 0.981. The highest BCUT2D eigenvalue weighted by atomic mass is 14.8. The van der Waals surface area contributed by atoms with E-state index in [-0.39, 0.29) is 0 Å². The molecule has 0 aromatic rings. The second-order valence-electron chi connectivity index (χ2n) is 1.75. The molecule has 0 saturated carbocycles. The molecule has 0 aliphatic rings. The molecular formula is C8H12N2. The van der Waals surface area contributed by atoms with Gasteiger partial charge in [-0.05, 0) is 19.1 Å². The molecule has 0 heterocycles. The van der Waals surface area contributed by atoms with Gasteiger partial charge in [0.2, 0.25) is 0 Å². The highest BCUT2D eigenvalue weighted by Crippen LogP contribution is 1.95. The molecule has 0 spiro atoms. The lowest BCUT2D eigenvalue weighted by Gasteiger charge is -1.91. The molecule has 0 aliphatic heterocycles. The van der Waals surface area contributed by atoms with Gasteiger partial charge in [-0.3, -0.25) is 4.99 Å². The van der Waals surface area contributed by atoms with E-state index < -0.39 is 0 Å². The van der Waals surface area contributed by atoms with Crippen molar-refractivity contribution in [3.05, 3.63) is 37.2 Å². The van der Waals surface area contributed by atoms with Crippen molar-refractivity contribution < 1.29 is 0 Å². The summed E-state index contributed by atoms with van der Waals surface area (Å²) in [6, 6.07) is 0. The smallest absolute Gasteiger partial charge is 0.0781 e. The van der Waals surface area contributed by atoms with Crippen molar-refractivity contribution in [3.63, 3.8) is 0 Å². The monoisotopic (exact) mass is 136 g/mol. The fourth-order valence-electron chi connectivity index (χ4n) is 0.400. The van der Waals surface area contributed by atoms with Crippen LogP contribution in [0.4, 0.5) is 0 Å². The first-order chi connectivity index (χ1) is 4.74. The summed E-state index contributed by atoms with van der Waals surface area (Å²) < 4.78 is 0. The first-order valence-corrected chi connectivity index (χ1v) is 2.96.